The monoisotopic (exact) mass is 481 g/mol. The first-order valence-corrected chi connectivity index (χ1v) is 11.4. The molecule has 2 aliphatic rings. The Bertz CT molecular complexity index is 1230. The molecular weight excluding hydrogens is 458 g/mol. The maximum Gasteiger partial charge on any atom is 0.407 e. The molecule has 0 bridgehead atoms. The van der Waals surface area contributed by atoms with Gasteiger partial charge in [0.15, 0.2) is 0 Å². The van der Waals surface area contributed by atoms with Crippen molar-refractivity contribution in [2.45, 2.75) is 24.8 Å². The van der Waals surface area contributed by atoms with Crippen LogP contribution in [0.5, 0.6) is 5.75 Å². The van der Waals surface area contributed by atoms with Gasteiger partial charge in [0.2, 0.25) is 5.28 Å². The highest BCUT2D eigenvalue weighted by Crippen LogP contribution is 2.43. The van der Waals surface area contributed by atoms with E-state index in [0.717, 1.165) is 17.0 Å². The number of benzene rings is 1. The highest BCUT2D eigenvalue weighted by Gasteiger charge is 2.47. The number of halogens is 1. The van der Waals surface area contributed by atoms with Crippen molar-refractivity contribution in [3.63, 3.8) is 0 Å². The van der Waals surface area contributed by atoms with Gasteiger partial charge >= 0.3 is 6.09 Å². The van der Waals surface area contributed by atoms with Crippen LogP contribution in [0.15, 0.2) is 42.6 Å². The summed E-state index contributed by atoms with van der Waals surface area (Å²) >= 11 is 5.99. The molecule has 4 heterocycles. The second-order valence-electron chi connectivity index (χ2n) is 8.74. The maximum atomic E-state index is 13.6. The number of rotatable bonds is 4. The largest absolute Gasteiger partial charge is 0.497 e. The molecule has 1 aromatic carbocycles. The van der Waals surface area contributed by atoms with Gasteiger partial charge in [-0.25, -0.2) is 14.8 Å². The molecule has 0 unspecified atom stereocenters. The summed E-state index contributed by atoms with van der Waals surface area (Å²) in [7, 11) is 1.62. The van der Waals surface area contributed by atoms with Gasteiger partial charge in [-0.2, -0.15) is 0 Å². The van der Waals surface area contributed by atoms with E-state index in [2.05, 4.69) is 15.0 Å². The summed E-state index contributed by atoms with van der Waals surface area (Å²) < 4.78 is 5.24. The zero-order chi connectivity index (χ0) is 23.9. The summed E-state index contributed by atoms with van der Waals surface area (Å²) in [5, 5.41) is 9.57. The molecule has 34 heavy (non-hydrogen) atoms. The van der Waals surface area contributed by atoms with Crippen LogP contribution in [0.3, 0.4) is 0 Å². The van der Waals surface area contributed by atoms with E-state index < -0.39 is 6.09 Å². The van der Waals surface area contributed by atoms with Crippen LogP contribution >= 0.6 is 11.6 Å². The lowest BCUT2D eigenvalue weighted by Crippen LogP contribution is -2.54. The van der Waals surface area contributed by atoms with E-state index in [4.69, 9.17) is 16.3 Å². The maximum absolute atomic E-state index is 13.6. The number of aromatic nitrogens is 3. The van der Waals surface area contributed by atoms with Gasteiger partial charge in [-0.05, 0) is 54.3 Å². The van der Waals surface area contributed by atoms with E-state index in [1.807, 2.05) is 35.2 Å². The van der Waals surface area contributed by atoms with Gasteiger partial charge in [-0.3, -0.25) is 4.79 Å². The van der Waals surface area contributed by atoms with Crippen LogP contribution in [-0.4, -0.2) is 68.6 Å². The van der Waals surface area contributed by atoms with Gasteiger partial charge in [0.05, 0.1) is 24.1 Å². The third-order valence-electron chi connectivity index (χ3n) is 6.78. The number of fused-ring (bicyclic) bond motifs is 2. The van der Waals surface area contributed by atoms with Gasteiger partial charge < -0.3 is 24.6 Å². The summed E-state index contributed by atoms with van der Waals surface area (Å²) in [5.41, 5.74) is 3.34. The van der Waals surface area contributed by atoms with Crippen molar-refractivity contribution >= 4 is 23.6 Å². The fourth-order valence-corrected chi connectivity index (χ4v) is 5.11. The Labute approximate surface area is 201 Å². The topological polar surface area (TPSA) is 112 Å². The Morgan fingerprint density at radius 3 is 2.62 bits per heavy atom. The Morgan fingerprint density at radius 2 is 1.97 bits per heavy atom. The molecule has 3 aromatic rings. The molecule has 0 aliphatic carbocycles. The van der Waals surface area contributed by atoms with Crippen molar-refractivity contribution in [2.75, 3.05) is 26.7 Å². The summed E-state index contributed by atoms with van der Waals surface area (Å²) in [5.74, 6) is 0.687. The number of carbonyl (C=O) groups is 2. The van der Waals surface area contributed by atoms with Crippen LogP contribution in [-0.2, 0) is 12.0 Å². The SMILES string of the molecule is COc1ccc(CN2CC3(CCN(C(=O)O)CC3)c3[nH]c(-c4ccnc(Cl)n4)cc3C2=O)cc1. The quantitative estimate of drug-likeness (QED) is 0.548. The second kappa shape index (κ2) is 8.64. The number of methoxy groups -OCH3 is 1. The van der Waals surface area contributed by atoms with Gasteiger partial charge in [-0.1, -0.05) is 12.1 Å². The number of nitrogens with one attached hydrogen (secondary N) is 1. The van der Waals surface area contributed by atoms with Crippen LogP contribution in [0.4, 0.5) is 4.79 Å². The highest BCUT2D eigenvalue weighted by molar-refractivity contribution is 6.28. The molecule has 1 saturated heterocycles. The molecule has 0 atom stereocenters. The zero-order valence-electron chi connectivity index (χ0n) is 18.6. The zero-order valence-corrected chi connectivity index (χ0v) is 19.4. The molecule has 0 radical (unpaired) electrons. The molecule has 176 valence electrons. The second-order valence-corrected chi connectivity index (χ2v) is 9.08. The Balaban J connectivity index is 1.52. The minimum absolute atomic E-state index is 0.0697. The number of likely N-dealkylation sites (tertiary alicyclic amines) is 1. The minimum atomic E-state index is -0.917. The van der Waals surface area contributed by atoms with Gasteiger partial charge in [0.25, 0.3) is 5.91 Å². The summed E-state index contributed by atoms with van der Waals surface area (Å²) in [6.07, 6.45) is 1.88. The lowest BCUT2D eigenvalue weighted by molar-refractivity contribution is 0.0551. The Kier molecular flexibility index (Phi) is 5.65. The standard InChI is InChI=1S/C24H24ClN5O4/c1-34-16-4-2-15(3-5-16)13-30-14-24(7-10-29(11-8-24)23(32)33)20-17(21(30)31)12-19(27-20)18-6-9-26-22(25)28-18/h2-6,9,12,27H,7-8,10-11,13-14H2,1H3,(H,32,33). The lowest BCUT2D eigenvalue weighted by atomic mass is 9.72. The van der Waals surface area contributed by atoms with Crippen LogP contribution in [0.2, 0.25) is 5.28 Å². The molecule has 2 aromatic heterocycles. The number of hydrogen-bond acceptors (Lipinski definition) is 5. The number of nitrogens with zero attached hydrogens (tertiary/aromatic N) is 4. The number of amides is 2. The molecule has 2 N–H and O–H groups in total. The lowest BCUT2D eigenvalue weighted by Gasteiger charge is -2.46. The average molecular weight is 482 g/mol. The van der Waals surface area contributed by atoms with Gasteiger partial charge in [-0.15, -0.1) is 0 Å². The van der Waals surface area contributed by atoms with Crippen molar-refractivity contribution in [1.82, 2.24) is 24.8 Å². The molecular formula is C24H24ClN5O4. The first-order valence-electron chi connectivity index (χ1n) is 11.0. The van der Waals surface area contributed by atoms with Crippen LogP contribution < -0.4 is 4.74 Å². The number of hydrogen-bond donors (Lipinski definition) is 2. The fourth-order valence-electron chi connectivity index (χ4n) is 4.96. The van der Waals surface area contributed by atoms with Gasteiger partial charge in [0.1, 0.15) is 5.75 Å². The third-order valence-corrected chi connectivity index (χ3v) is 6.97. The Morgan fingerprint density at radius 1 is 1.24 bits per heavy atom. The van der Waals surface area contributed by atoms with E-state index in [9.17, 15) is 14.7 Å². The third kappa shape index (κ3) is 3.96. The van der Waals surface area contributed by atoms with Crippen molar-refractivity contribution in [3.8, 4) is 17.1 Å². The number of carboxylic acid groups (broad SMARTS) is 1. The summed E-state index contributed by atoms with van der Waals surface area (Å²) in [6, 6.07) is 11.2. The van der Waals surface area contributed by atoms with E-state index in [1.54, 1.807) is 19.4 Å². The number of ether oxygens (including phenoxy) is 1. The Hall–Kier alpha value is -3.59. The van der Waals surface area contributed by atoms with Gasteiger partial charge in [0, 0.05) is 43.5 Å². The molecule has 0 saturated carbocycles. The number of carbonyl (C=O) groups excluding carboxylic acids is 1. The highest BCUT2D eigenvalue weighted by atomic mass is 35.5. The van der Waals surface area contributed by atoms with E-state index in [-0.39, 0.29) is 16.6 Å². The predicted octanol–water partition coefficient (Wildman–Crippen LogP) is 3.80. The van der Waals surface area contributed by atoms with E-state index in [0.29, 0.717) is 56.0 Å². The summed E-state index contributed by atoms with van der Waals surface area (Å²) in [4.78, 5) is 40.0. The molecule has 5 rings (SSSR count). The van der Waals surface area contributed by atoms with Crippen LogP contribution in [0.1, 0.15) is 34.5 Å². The normalized spacial score (nSPS) is 17.1. The van der Waals surface area contributed by atoms with Crippen LogP contribution in [0.25, 0.3) is 11.4 Å². The minimum Gasteiger partial charge on any atom is -0.497 e. The average Bonchev–Trinajstić information content (AvgIpc) is 3.30. The molecule has 1 fully saturated rings. The molecule has 10 heteroatoms. The smallest absolute Gasteiger partial charge is 0.407 e. The first kappa shape index (κ1) is 22.2. The number of H-pyrrole nitrogens is 1. The number of piperidine rings is 1. The van der Waals surface area contributed by atoms with Crippen molar-refractivity contribution < 1.29 is 19.4 Å². The summed E-state index contributed by atoms with van der Waals surface area (Å²) in [6.45, 7) is 1.77. The first-order chi connectivity index (χ1) is 16.4. The molecule has 9 nitrogen and oxygen atoms in total. The molecule has 2 aliphatic heterocycles. The van der Waals surface area contributed by atoms with Crippen molar-refractivity contribution in [2.24, 2.45) is 0 Å². The predicted molar refractivity (Wildman–Crippen MR) is 125 cm³/mol. The van der Waals surface area contributed by atoms with E-state index >= 15 is 0 Å². The molecule has 1 spiro atoms. The fraction of sp³-hybridized carbons (Fsp3) is 0.333. The number of aromatic amines is 1. The van der Waals surface area contributed by atoms with E-state index in [1.165, 1.54) is 4.90 Å². The molecule has 2 amide bonds. The van der Waals surface area contributed by atoms with Crippen molar-refractivity contribution in [1.29, 1.82) is 0 Å². The van der Waals surface area contributed by atoms with Crippen molar-refractivity contribution in [3.05, 3.63) is 64.7 Å². The van der Waals surface area contributed by atoms with Crippen LogP contribution in [0, 0.1) is 0 Å².